The van der Waals surface area contributed by atoms with E-state index in [1.54, 1.807) is 0 Å². The van der Waals surface area contributed by atoms with Crippen LogP contribution in [0.15, 0.2) is 0 Å². The van der Waals surface area contributed by atoms with Gasteiger partial charge in [0.05, 0.1) is 6.07 Å². The Bertz CT molecular complexity index is 174. The molecule has 1 rings (SSSR count). The molecule has 0 bridgehead atoms. The minimum Gasteiger partial charge on any atom is -0.250 e. The van der Waals surface area contributed by atoms with E-state index in [2.05, 4.69) is 39.1 Å². The first-order valence-corrected chi connectivity index (χ1v) is 5.45. The Kier molecular flexibility index (Phi) is 4.30. The molecule has 0 aromatic rings. The highest BCUT2D eigenvalue weighted by atomic mass is 127. The van der Waals surface area contributed by atoms with E-state index >= 15 is 0 Å². The molecule has 0 saturated heterocycles. The highest BCUT2D eigenvalue weighted by molar-refractivity contribution is 14.1. The Morgan fingerprint density at radius 2 is 2.33 bits per heavy atom. The first kappa shape index (κ1) is 10.3. The van der Waals surface area contributed by atoms with Gasteiger partial charge in [0.15, 0.2) is 0 Å². The lowest BCUT2D eigenvalue weighted by atomic mass is 9.82. The minimum atomic E-state index is 0.333. The summed E-state index contributed by atoms with van der Waals surface area (Å²) in [6.45, 7) is 1.14. The molecule has 0 amide bonds. The number of hydrogen-bond acceptors (Lipinski definition) is 2. The fourth-order valence-corrected chi connectivity index (χ4v) is 2.49. The molecule has 0 aromatic heterocycles. The standard InChI is InChI=1S/C9H15IN2/c1-12(10)7-9-4-2-3-8(5-9)6-11/h8-9H,2-5,7H2,1H3. The first-order valence-electron chi connectivity index (χ1n) is 4.49. The summed E-state index contributed by atoms with van der Waals surface area (Å²) in [6.07, 6.45) is 4.79. The van der Waals surface area contributed by atoms with Gasteiger partial charge in [-0.3, -0.25) is 3.11 Å². The van der Waals surface area contributed by atoms with Gasteiger partial charge in [0.25, 0.3) is 0 Å². The van der Waals surface area contributed by atoms with Gasteiger partial charge in [-0.1, -0.05) is 6.42 Å². The molecule has 0 spiro atoms. The van der Waals surface area contributed by atoms with Gasteiger partial charge in [0.2, 0.25) is 0 Å². The zero-order valence-corrected chi connectivity index (χ0v) is 9.62. The molecule has 2 atom stereocenters. The average molecular weight is 278 g/mol. The van der Waals surface area contributed by atoms with Crippen molar-refractivity contribution in [2.45, 2.75) is 25.7 Å². The molecule has 0 heterocycles. The van der Waals surface area contributed by atoms with Crippen LogP contribution in [0.5, 0.6) is 0 Å². The van der Waals surface area contributed by atoms with Crippen LogP contribution in [0.3, 0.4) is 0 Å². The zero-order valence-electron chi connectivity index (χ0n) is 7.46. The molecule has 2 nitrogen and oxygen atoms in total. The number of nitriles is 1. The first-order chi connectivity index (χ1) is 5.72. The van der Waals surface area contributed by atoms with Gasteiger partial charge in [-0.05, 0) is 32.2 Å². The van der Waals surface area contributed by atoms with Crippen LogP contribution in [0.25, 0.3) is 0 Å². The van der Waals surface area contributed by atoms with Crippen molar-refractivity contribution in [2.24, 2.45) is 11.8 Å². The van der Waals surface area contributed by atoms with Gasteiger partial charge >= 0.3 is 0 Å². The maximum absolute atomic E-state index is 8.78. The van der Waals surface area contributed by atoms with Crippen LogP contribution in [-0.4, -0.2) is 16.7 Å². The van der Waals surface area contributed by atoms with Crippen molar-refractivity contribution in [3.63, 3.8) is 0 Å². The molecule has 1 fully saturated rings. The SMILES string of the molecule is CN(I)CC1CCCC(C#N)C1. The quantitative estimate of drug-likeness (QED) is 0.573. The molecule has 2 unspecified atom stereocenters. The minimum absolute atomic E-state index is 0.333. The Hall–Kier alpha value is 0.180. The van der Waals surface area contributed by atoms with E-state index in [1.165, 1.54) is 12.8 Å². The third-order valence-corrected chi connectivity index (χ3v) is 2.87. The highest BCUT2D eigenvalue weighted by Gasteiger charge is 2.21. The number of hydrogen-bond donors (Lipinski definition) is 0. The van der Waals surface area contributed by atoms with E-state index < -0.39 is 0 Å². The lowest BCUT2D eigenvalue weighted by Gasteiger charge is -2.26. The lowest BCUT2D eigenvalue weighted by Crippen LogP contribution is -2.23. The largest absolute Gasteiger partial charge is 0.250 e. The second-order valence-corrected chi connectivity index (χ2v) is 5.29. The average Bonchev–Trinajstić information content (AvgIpc) is 2.03. The fraction of sp³-hybridized carbons (Fsp3) is 0.889. The van der Waals surface area contributed by atoms with Gasteiger partial charge in [-0.25, -0.2) is 0 Å². The van der Waals surface area contributed by atoms with E-state index in [9.17, 15) is 0 Å². The fourth-order valence-electron chi connectivity index (χ4n) is 1.93. The van der Waals surface area contributed by atoms with Gasteiger partial charge in [0.1, 0.15) is 0 Å². The third-order valence-electron chi connectivity index (χ3n) is 2.48. The summed E-state index contributed by atoms with van der Waals surface area (Å²) in [5.41, 5.74) is 0. The Labute approximate surface area is 88.4 Å². The van der Waals surface area contributed by atoms with Crippen molar-refractivity contribution in [2.75, 3.05) is 13.6 Å². The molecule has 1 aliphatic carbocycles. The van der Waals surface area contributed by atoms with Crippen LogP contribution >= 0.6 is 22.9 Å². The van der Waals surface area contributed by atoms with Crippen LogP contribution < -0.4 is 0 Å². The predicted octanol–water partition coefficient (Wildman–Crippen LogP) is 2.60. The number of rotatable bonds is 2. The van der Waals surface area contributed by atoms with Gasteiger partial charge in [0, 0.05) is 35.3 Å². The molecule has 1 aliphatic rings. The van der Waals surface area contributed by atoms with E-state index in [4.69, 9.17) is 5.26 Å². The van der Waals surface area contributed by atoms with Crippen LogP contribution in [0, 0.1) is 23.2 Å². The monoisotopic (exact) mass is 278 g/mol. The van der Waals surface area contributed by atoms with Gasteiger partial charge in [-0.15, -0.1) is 0 Å². The number of halogens is 1. The van der Waals surface area contributed by atoms with Crippen LogP contribution in [0.1, 0.15) is 25.7 Å². The Morgan fingerprint density at radius 1 is 1.58 bits per heavy atom. The summed E-state index contributed by atoms with van der Waals surface area (Å²) in [4.78, 5) is 0. The van der Waals surface area contributed by atoms with Crippen molar-refractivity contribution in [3.05, 3.63) is 0 Å². The second kappa shape index (κ2) is 5.03. The van der Waals surface area contributed by atoms with Crippen LogP contribution in [0.2, 0.25) is 0 Å². The van der Waals surface area contributed by atoms with Crippen molar-refractivity contribution in [3.8, 4) is 6.07 Å². The van der Waals surface area contributed by atoms with Gasteiger partial charge in [-0.2, -0.15) is 5.26 Å². The second-order valence-electron chi connectivity index (χ2n) is 3.65. The maximum Gasteiger partial charge on any atom is 0.0655 e. The van der Waals surface area contributed by atoms with Crippen LogP contribution in [-0.2, 0) is 0 Å². The molecule has 1 saturated carbocycles. The third kappa shape index (κ3) is 3.28. The summed E-state index contributed by atoms with van der Waals surface area (Å²) < 4.78 is 2.20. The Balaban J connectivity index is 2.32. The molecule has 0 radical (unpaired) electrons. The van der Waals surface area contributed by atoms with Gasteiger partial charge < -0.3 is 0 Å². The molecule has 0 aliphatic heterocycles. The normalized spacial score (nSPS) is 30.2. The molecule has 0 N–H and O–H groups in total. The molecule has 68 valence electrons. The van der Waals surface area contributed by atoms with Crippen molar-refractivity contribution in [1.29, 1.82) is 5.26 Å². The summed E-state index contributed by atoms with van der Waals surface area (Å²) >= 11 is 2.31. The number of nitrogens with zero attached hydrogens (tertiary/aromatic N) is 2. The highest BCUT2D eigenvalue weighted by Crippen LogP contribution is 2.29. The van der Waals surface area contributed by atoms with E-state index in [1.807, 2.05) is 0 Å². The Morgan fingerprint density at radius 3 is 2.92 bits per heavy atom. The predicted molar refractivity (Wildman–Crippen MR) is 57.7 cm³/mol. The molecule has 12 heavy (non-hydrogen) atoms. The maximum atomic E-state index is 8.78. The summed E-state index contributed by atoms with van der Waals surface area (Å²) in [5, 5.41) is 8.78. The zero-order chi connectivity index (χ0) is 8.97. The summed E-state index contributed by atoms with van der Waals surface area (Å²) in [5.74, 6) is 1.09. The van der Waals surface area contributed by atoms with E-state index in [-0.39, 0.29) is 0 Å². The topological polar surface area (TPSA) is 27.0 Å². The molecule has 3 heteroatoms. The van der Waals surface area contributed by atoms with Crippen molar-refractivity contribution in [1.82, 2.24) is 3.11 Å². The smallest absolute Gasteiger partial charge is 0.0655 e. The van der Waals surface area contributed by atoms with Crippen molar-refractivity contribution >= 4 is 22.9 Å². The van der Waals surface area contributed by atoms with E-state index in [0.717, 1.165) is 25.3 Å². The lowest BCUT2D eigenvalue weighted by molar-refractivity contribution is 0.282. The van der Waals surface area contributed by atoms with E-state index in [0.29, 0.717) is 5.92 Å². The summed E-state index contributed by atoms with van der Waals surface area (Å²) in [7, 11) is 2.09. The summed E-state index contributed by atoms with van der Waals surface area (Å²) in [6, 6.07) is 2.39. The molecular weight excluding hydrogens is 263 g/mol. The molecule has 0 aromatic carbocycles. The molecular formula is C9H15IN2. The van der Waals surface area contributed by atoms with Crippen molar-refractivity contribution < 1.29 is 0 Å². The van der Waals surface area contributed by atoms with Crippen LogP contribution in [0.4, 0.5) is 0 Å².